The van der Waals surface area contributed by atoms with Crippen LogP contribution in [0.25, 0.3) is 0 Å². The number of methoxy groups -OCH3 is 1. The summed E-state index contributed by atoms with van der Waals surface area (Å²) < 4.78 is 5.85. The van der Waals surface area contributed by atoms with Crippen LogP contribution >= 0.6 is 24.0 Å². The maximum atomic E-state index is 5.74. The summed E-state index contributed by atoms with van der Waals surface area (Å²) in [5.41, 5.74) is 7.81. The summed E-state index contributed by atoms with van der Waals surface area (Å²) in [4.78, 5) is 2.93. The van der Waals surface area contributed by atoms with Crippen molar-refractivity contribution < 1.29 is 4.74 Å². The monoisotopic (exact) mass is 324 g/mol. The molecule has 1 aliphatic rings. The average Bonchev–Trinajstić information content (AvgIpc) is 2.60. The fraction of sp³-hybridized carbons (Fsp3) is 0.562. The minimum Gasteiger partial charge on any atom is -0.496 e. The first-order valence-electron chi connectivity index (χ1n) is 7.24. The van der Waals surface area contributed by atoms with Gasteiger partial charge in [0.15, 0.2) is 0 Å². The number of nitrogens with two attached hydrogens (primary N) is 1. The Balaban J connectivity index is 2.14. The molecule has 0 bridgehead atoms. The number of hydrogen-bond donors (Lipinski definition) is 1. The molecule has 1 aliphatic heterocycles. The molecule has 1 aromatic rings. The number of thioether (sulfide) groups is 1. The van der Waals surface area contributed by atoms with E-state index in [-0.39, 0.29) is 0 Å². The second-order valence-electron chi connectivity index (χ2n) is 6.03. The molecule has 0 aromatic heterocycles. The summed E-state index contributed by atoms with van der Waals surface area (Å²) in [6.45, 7) is 7.76. The number of hydrogen-bond acceptors (Lipinski definition) is 4. The first-order valence-corrected chi connectivity index (χ1v) is 8.64. The fourth-order valence-electron chi connectivity index (χ4n) is 2.52. The first kappa shape index (κ1) is 16.6. The van der Waals surface area contributed by atoms with E-state index in [1.807, 2.05) is 12.1 Å². The van der Waals surface area contributed by atoms with E-state index in [1.54, 1.807) is 7.11 Å². The molecule has 0 saturated carbocycles. The van der Waals surface area contributed by atoms with Gasteiger partial charge < -0.3 is 10.5 Å². The Labute approximate surface area is 137 Å². The maximum absolute atomic E-state index is 5.74. The van der Waals surface area contributed by atoms with E-state index < -0.39 is 0 Å². The number of rotatable bonds is 4. The van der Waals surface area contributed by atoms with Gasteiger partial charge in [0.25, 0.3) is 0 Å². The molecule has 0 spiro atoms. The molecule has 1 fully saturated rings. The van der Waals surface area contributed by atoms with Gasteiger partial charge >= 0.3 is 0 Å². The summed E-state index contributed by atoms with van der Waals surface area (Å²) in [5, 5.41) is 0. The molecule has 2 rings (SSSR count). The second kappa shape index (κ2) is 6.99. The Hall–Kier alpha value is -0.780. The lowest BCUT2D eigenvalue weighted by Gasteiger charge is -2.23. The molecule has 0 atom stereocenters. The largest absolute Gasteiger partial charge is 0.496 e. The predicted octanol–water partition coefficient (Wildman–Crippen LogP) is 3.05. The molecule has 0 radical (unpaired) electrons. The molecular weight excluding hydrogens is 300 g/mol. The minimum absolute atomic E-state index is 0.375. The van der Waals surface area contributed by atoms with Gasteiger partial charge in [-0.05, 0) is 31.2 Å². The van der Waals surface area contributed by atoms with Crippen LogP contribution in [-0.4, -0.2) is 40.6 Å². The lowest BCUT2D eigenvalue weighted by atomic mass is 10.1. The summed E-state index contributed by atoms with van der Waals surface area (Å²) in [5.74, 6) is 2.08. The Bertz CT molecular complexity index is 517. The van der Waals surface area contributed by atoms with Crippen LogP contribution in [0.3, 0.4) is 0 Å². The first-order chi connectivity index (χ1) is 9.91. The van der Waals surface area contributed by atoms with Crippen LogP contribution in [0, 0.1) is 0 Å². The molecule has 0 amide bonds. The van der Waals surface area contributed by atoms with Crippen LogP contribution in [0.2, 0.25) is 0 Å². The van der Waals surface area contributed by atoms with Crippen molar-refractivity contribution in [3.63, 3.8) is 0 Å². The van der Waals surface area contributed by atoms with E-state index in [0.29, 0.717) is 9.74 Å². The number of nitrogens with zero attached hydrogens (tertiary/aromatic N) is 1. The van der Waals surface area contributed by atoms with E-state index in [9.17, 15) is 0 Å². The molecular formula is C16H24N2OS2. The van der Waals surface area contributed by atoms with E-state index in [2.05, 4.69) is 36.6 Å². The van der Waals surface area contributed by atoms with E-state index in [0.717, 1.165) is 36.5 Å². The number of thiocarbonyl (C=S) groups is 1. The van der Waals surface area contributed by atoms with Crippen LogP contribution in [0.4, 0.5) is 0 Å². The van der Waals surface area contributed by atoms with Crippen molar-refractivity contribution >= 4 is 29.0 Å². The van der Waals surface area contributed by atoms with Gasteiger partial charge in [-0.1, -0.05) is 26.1 Å². The molecule has 116 valence electrons. The Morgan fingerprint density at radius 1 is 1.43 bits per heavy atom. The van der Waals surface area contributed by atoms with Crippen LogP contribution in [0.5, 0.6) is 5.75 Å². The van der Waals surface area contributed by atoms with Gasteiger partial charge in [-0.15, -0.1) is 0 Å². The van der Waals surface area contributed by atoms with Crippen LogP contribution < -0.4 is 10.5 Å². The molecule has 5 heteroatoms. The van der Waals surface area contributed by atoms with Gasteiger partial charge in [-0.25, -0.2) is 0 Å². The average molecular weight is 325 g/mol. The van der Waals surface area contributed by atoms with Gasteiger partial charge in [0.05, 0.1) is 7.11 Å². The summed E-state index contributed by atoms with van der Waals surface area (Å²) in [7, 11) is 1.71. The summed E-state index contributed by atoms with van der Waals surface area (Å²) in [6, 6.07) is 5.94. The highest BCUT2D eigenvalue weighted by Crippen LogP contribution is 2.31. The SMILES string of the molecule is COc1ccc(C(N)=S)cc1CN1CCSC(C)(C)CC1. The molecule has 3 nitrogen and oxygen atoms in total. The zero-order valence-electron chi connectivity index (χ0n) is 13.0. The fourth-order valence-corrected chi connectivity index (χ4v) is 3.78. The topological polar surface area (TPSA) is 38.5 Å². The normalized spacial score (nSPS) is 19.0. The van der Waals surface area contributed by atoms with E-state index in [4.69, 9.17) is 22.7 Å². The van der Waals surface area contributed by atoms with Crippen molar-refractivity contribution in [2.45, 2.75) is 31.6 Å². The zero-order chi connectivity index (χ0) is 15.5. The third-order valence-electron chi connectivity index (χ3n) is 3.89. The van der Waals surface area contributed by atoms with Gasteiger partial charge in [0, 0.05) is 34.7 Å². The highest BCUT2D eigenvalue weighted by atomic mass is 32.2. The second-order valence-corrected chi connectivity index (χ2v) is 8.27. The molecule has 2 N–H and O–H groups in total. The molecule has 1 heterocycles. The van der Waals surface area contributed by atoms with Crippen LogP contribution in [0.15, 0.2) is 18.2 Å². The van der Waals surface area contributed by atoms with E-state index in [1.165, 1.54) is 12.2 Å². The van der Waals surface area contributed by atoms with E-state index >= 15 is 0 Å². The Morgan fingerprint density at radius 3 is 2.86 bits per heavy atom. The summed E-state index contributed by atoms with van der Waals surface area (Å²) in [6.07, 6.45) is 1.20. The molecule has 1 aromatic carbocycles. The molecule has 0 aliphatic carbocycles. The van der Waals surface area contributed by atoms with Crippen molar-refractivity contribution in [2.24, 2.45) is 5.73 Å². The molecule has 21 heavy (non-hydrogen) atoms. The third kappa shape index (κ3) is 4.59. The van der Waals surface area contributed by atoms with Gasteiger partial charge in [-0.3, -0.25) is 4.90 Å². The van der Waals surface area contributed by atoms with Crippen molar-refractivity contribution in [3.8, 4) is 5.75 Å². The highest BCUT2D eigenvalue weighted by molar-refractivity contribution is 8.00. The predicted molar refractivity (Wildman–Crippen MR) is 95.3 cm³/mol. The lowest BCUT2D eigenvalue weighted by Crippen LogP contribution is -2.27. The quantitative estimate of drug-likeness (QED) is 0.862. The van der Waals surface area contributed by atoms with Crippen molar-refractivity contribution in [1.82, 2.24) is 4.90 Å². The van der Waals surface area contributed by atoms with Crippen LogP contribution in [-0.2, 0) is 6.54 Å². The van der Waals surface area contributed by atoms with Crippen molar-refractivity contribution in [2.75, 3.05) is 26.0 Å². The van der Waals surface area contributed by atoms with Crippen LogP contribution in [0.1, 0.15) is 31.4 Å². The Kier molecular flexibility index (Phi) is 5.52. The summed E-state index contributed by atoms with van der Waals surface area (Å²) >= 11 is 7.14. The van der Waals surface area contributed by atoms with Crippen molar-refractivity contribution in [1.29, 1.82) is 0 Å². The van der Waals surface area contributed by atoms with Crippen molar-refractivity contribution in [3.05, 3.63) is 29.3 Å². The maximum Gasteiger partial charge on any atom is 0.123 e. The smallest absolute Gasteiger partial charge is 0.123 e. The third-order valence-corrected chi connectivity index (χ3v) is 5.50. The van der Waals surface area contributed by atoms with Gasteiger partial charge in [0.1, 0.15) is 10.7 Å². The van der Waals surface area contributed by atoms with Gasteiger partial charge in [-0.2, -0.15) is 11.8 Å². The Morgan fingerprint density at radius 2 is 2.19 bits per heavy atom. The molecule has 1 saturated heterocycles. The lowest BCUT2D eigenvalue weighted by molar-refractivity contribution is 0.271. The number of ether oxygens (including phenoxy) is 1. The zero-order valence-corrected chi connectivity index (χ0v) is 14.6. The standard InChI is InChI=1S/C16H24N2OS2/c1-16(2)6-7-18(8-9-21-16)11-13-10-12(15(17)20)4-5-14(13)19-3/h4-5,10H,6-9,11H2,1-3H3,(H2,17,20). The number of benzene rings is 1. The highest BCUT2D eigenvalue weighted by Gasteiger charge is 2.24. The molecule has 0 unspecified atom stereocenters. The minimum atomic E-state index is 0.375. The van der Waals surface area contributed by atoms with Gasteiger partial charge in [0.2, 0.25) is 0 Å².